The standard InChI is InChI=1S/C27H47ClN2O7/c28-9-21(31)10-29(11-25-16-35-25)19-1-5-23(6-2-19)33-14-22(32)15-34-24-7-3-20(4-8-24)30(12-26-17-36-26)13-27-18-37-27/h19-27,31-32H,1-18H2. The fourth-order valence-corrected chi connectivity index (χ4v) is 6.16. The third-order valence-corrected chi connectivity index (χ3v) is 8.87. The maximum Gasteiger partial charge on any atom is 0.101 e. The number of hydrogen-bond donors (Lipinski definition) is 2. The fourth-order valence-electron chi connectivity index (χ4n) is 6.07. The number of halogens is 1. The van der Waals surface area contributed by atoms with Crippen molar-refractivity contribution in [3.8, 4) is 0 Å². The van der Waals surface area contributed by atoms with Gasteiger partial charge in [-0.3, -0.25) is 9.80 Å². The van der Waals surface area contributed by atoms with E-state index in [4.69, 9.17) is 35.3 Å². The summed E-state index contributed by atoms with van der Waals surface area (Å²) in [6.07, 6.45) is 8.76. The Hall–Kier alpha value is -0.0700. The zero-order chi connectivity index (χ0) is 25.6. The molecule has 3 heterocycles. The highest BCUT2D eigenvalue weighted by molar-refractivity contribution is 6.18. The largest absolute Gasteiger partial charge is 0.391 e. The normalized spacial score (nSPS) is 37.1. The van der Waals surface area contributed by atoms with Crippen molar-refractivity contribution in [1.29, 1.82) is 0 Å². The van der Waals surface area contributed by atoms with Gasteiger partial charge in [0.15, 0.2) is 0 Å². The lowest BCUT2D eigenvalue weighted by molar-refractivity contribution is -0.0804. The fraction of sp³-hybridized carbons (Fsp3) is 1.00. The molecule has 3 saturated heterocycles. The van der Waals surface area contributed by atoms with Crippen LogP contribution in [-0.2, 0) is 23.7 Å². The van der Waals surface area contributed by atoms with Crippen LogP contribution in [-0.4, -0.2) is 140 Å². The van der Waals surface area contributed by atoms with Crippen LogP contribution in [0.25, 0.3) is 0 Å². The van der Waals surface area contributed by atoms with Gasteiger partial charge in [-0.1, -0.05) is 0 Å². The Kier molecular flexibility index (Phi) is 10.8. The molecular formula is C27H47ClN2O7. The van der Waals surface area contributed by atoms with E-state index in [1.54, 1.807) is 0 Å². The van der Waals surface area contributed by atoms with Crippen molar-refractivity contribution in [3.05, 3.63) is 0 Å². The predicted octanol–water partition coefficient (Wildman–Crippen LogP) is 1.40. The minimum absolute atomic E-state index is 0.176. The SMILES string of the molecule is OC(COC1CCC(N(CC(O)CCl)CC2CO2)CC1)COC1CCC(N(CC2CO2)CC2CO2)CC1. The van der Waals surface area contributed by atoms with E-state index in [-0.39, 0.29) is 18.1 Å². The minimum Gasteiger partial charge on any atom is -0.391 e. The van der Waals surface area contributed by atoms with E-state index in [2.05, 4.69) is 9.80 Å². The Morgan fingerprint density at radius 1 is 0.649 bits per heavy atom. The topological polar surface area (TPSA) is 103 Å². The molecule has 0 aromatic heterocycles. The molecular weight excluding hydrogens is 500 g/mol. The number of rotatable bonds is 17. The van der Waals surface area contributed by atoms with Gasteiger partial charge in [0, 0.05) is 44.1 Å². The van der Waals surface area contributed by atoms with Crippen LogP contribution < -0.4 is 0 Å². The lowest BCUT2D eigenvalue weighted by atomic mass is 9.91. The summed E-state index contributed by atoms with van der Waals surface area (Å²) in [5.74, 6) is 0.256. The maximum absolute atomic E-state index is 10.5. The van der Waals surface area contributed by atoms with Gasteiger partial charge >= 0.3 is 0 Å². The molecule has 0 spiro atoms. The van der Waals surface area contributed by atoms with Gasteiger partial charge < -0.3 is 33.9 Å². The molecule has 0 amide bonds. The van der Waals surface area contributed by atoms with Gasteiger partial charge in [0.1, 0.15) is 6.10 Å². The number of ether oxygens (including phenoxy) is 5. The quantitative estimate of drug-likeness (QED) is 0.207. The highest BCUT2D eigenvalue weighted by Crippen LogP contribution is 2.29. The smallest absolute Gasteiger partial charge is 0.101 e. The molecule has 0 bridgehead atoms. The van der Waals surface area contributed by atoms with E-state index in [9.17, 15) is 10.2 Å². The lowest BCUT2D eigenvalue weighted by Gasteiger charge is -2.37. The number of nitrogens with zero attached hydrogens (tertiary/aromatic N) is 2. The molecule has 5 aliphatic rings. The van der Waals surface area contributed by atoms with Crippen molar-refractivity contribution in [1.82, 2.24) is 9.80 Å². The van der Waals surface area contributed by atoms with Gasteiger partial charge in [-0.05, 0) is 51.4 Å². The molecule has 2 aliphatic carbocycles. The molecule has 2 saturated carbocycles. The van der Waals surface area contributed by atoms with E-state index >= 15 is 0 Å². The molecule has 5 unspecified atom stereocenters. The van der Waals surface area contributed by atoms with Gasteiger partial charge in [-0.15, -0.1) is 11.6 Å². The van der Waals surface area contributed by atoms with Crippen molar-refractivity contribution in [2.75, 3.05) is 65.1 Å². The first-order valence-electron chi connectivity index (χ1n) is 14.5. The summed E-state index contributed by atoms with van der Waals surface area (Å²) in [5.41, 5.74) is 0. The minimum atomic E-state index is -0.589. The summed E-state index contributed by atoms with van der Waals surface area (Å²) in [4.78, 5) is 4.92. The molecule has 0 aromatic rings. The average Bonchev–Trinajstić information content (AvgIpc) is 3.75. The molecule has 10 heteroatoms. The van der Waals surface area contributed by atoms with Gasteiger partial charge in [0.05, 0.1) is 69.7 Å². The molecule has 0 radical (unpaired) electrons. The summed E-state index contributed by atoms with van der Waals surface area (Å²) < 4.78 is 28.5. The molecule has 5 fully saturated rings. The second-order valence-electron chi connectivity index (χ2n) is 11.8. The Balaban J connectivity index is 0.939. The Labute approximate surface area is 226 Å². The van der Waals surface area contributed by atoms with Crippen LogP contribution in [0.5, 0.6) is 0 Å². The number of alkyl halides is 1. The van der Waals surface area contributed by atoms with E-state index in [1.807, 2.05) is 0 Å². The van der Waals surface area contributed by atoms with Gasteiger partial charge in [0.25, 0.3) is 0 Å². The molecule has 5 atom stereocenters. The highest BCUT2D eigenvalue weighted by Gasteiger charge is 2.36. The van der Waals surface area contributed by atoms with E-state index in [0.29, 0.717) is 50.2 Å². The molecule has 2 N–H and O–H groups in total. The van der Waals surface area contributed by atoms with Crippen molar-refractivity contribution in [3.63, 3.8) is 0 Å². The van der Waals surface area contributed by atoms with Crippen LogP contribution >= 0.6 is 11.6 Å². The first kappa shape index (κ1) is 28.5. The van der Waals surface area contributed by atoms with Crippen LogP contribution in [0.4, 0.5) is 0 Å². The van der Waals surface area contributed by atoms with E-state index < -0.39 is 12.2 Å². The summed E-state index contributed by atoms with van der Waals surface area (Å²) in [7, 11) is 0. The molecule has 37 heavy (non-hydrogen) atoms. The van der Waals surface area contributed by atoms with Gasteiger partial charge in [-0.2, -0.15) is 0 Å². The van der Waals surface area contributed by atoms with Crippen LogP contribution in [0.3, 0.4) is 0 Å². The first-order chi connectivity index (χ1) is 18.1. The second-order valence-corrected chi connectivity index (χ2v) is 12.1. The maximum atomic E-state index is 10.5. The molecule has 3 aliphatic heterocycles. The number of aliphatic hydroxyl groups excluding tert-OH is 2. The van der Waals surface area contributed by atoms with E-state index in [1.165, 1.54) is 0 Å². The summed E-state index contributed by atoms with van der Waals surface area (Å²) in [5, 5.41) is 20.5. The number of aliphatic hydroxyl groups is 2. The van der Waals surface area contributed by atoms with Crippen LogP contribution in [0, 0.1) is 0 Å². The van der Waals surface area contributed by atoms with Crippen molar-refractivity contribution >= 4 is 11.6 Å². The van der Waals surface area contributed by atoms with E-state index in [0.717, 1.165) is 90.8 Å². The molecule has 5 rings (SSSR count). The summed E-state index contributed by atoms with van der Waals surface area (Å²) >= 11 is 5.84. The zero-order valence-electron chi connectivity index (χ0n) is 22.1. The van der Waals surface area contributed by atoms with Gasteiger partial charge in [0.2, 0.25) is 0 Å². The monoisotopic (exact) mass is 546 g/mol. The Morgan fingerprint density at radius 2 is 1.05 bits per heavy atom. The number of hydrogen-bond acceptors (Lipinski definition) is 9. The zero-order valence-corrected chi connectivity index (χ0v) is 22.9. The number of epoxide rings is 3. The molecule has 214 valence electrons. The van der Waals surface area contributed by atoms with Crippen LogP contribution in [0.2, 0.25) is 0 Å². The Bertz CT molecular complexity index is 651. The van der Waals surface area contributed by atoms with Crippen LogP contribution in [0.1, 0.15) is 51.4 Å². The van der Waals surface area contributed by atoms with Crippen molar-refractivity contribution < 1.29 is 33.9 Å². The van der Waals surface area contributed by atoms with Crippen molar-refractivity contribution in [2.24, 2.45) is 0 Å². The second kappa shape index (κ2) is 14.0. The van der Waals surface area contributed by atoms with Crippen LogP contribution in [0.15, 0.2) is 0 Å². The highest BCUT2D eigenvalue weighted by atomic mass is 35.5. The summed E-state index contributed by atoms with van der Waals surface area (Å²) in [6.45, 7) is 6.79. The third kappa shape index (κ3) is 9.81. The summed E-state index contributed by atoms with van der Waals surface area (Å²) in [6, 6.07) is 1.01. The molecule has 0 aromatic carbocycles. The third-order valence-electron chi connectivity index (χ3n) is 8.51. The Morgan fingerprint density at radius 3 is 1.46 bits per heavy atom. The van der Waals surface area contributed by atoms with Gasteiger partial charge in [-0.25, -0.2) is 0 Å². The predicted molar refractivity (Wildman–Crippen MR) is 139 cm³/mol. The average molecular weight is 547 g/mol. The first-order valence-corrected chi connectivity index (χ1v) is 15.1. The lowest BCUT2D eigenvalue weighted by Crippen LogP contribution is -2.45. The van der Waals surface area contributed by atoms with Crippen molar-refractivity contribution in [2.45, 2.75) is 106 Å². The molecule has 9 nitrogen and oxygen atoms in total.